The van der Waals surface area contributed by atoms with Crippen LogP contribution in [0.25, 0.3) is 60.3 Å². The number of fused-ring (bicyclic) bond motifs is 7. The zero-order valence-electron chi connectivity index (χ0n) is 20.3. The van der Waals surface area contributed by atoms with Gasteiger partial charge in [0, 0.05) is 10.8 Å². The van der Waals surface area contributed by atoms with E-state index in [1.54, 1.807) is 7.11 Å². The Morgan fingerprint density at radius 3 is 1.78 bits per heavy atom. The average molecular weight is 466 g/mol. The lowest BCUT2D eigenvalue weighted by Crippen LogP contribution is -2.29. The fraction of sp³-hybridized carbons (Fsp3) is 0.0606. The summed E-state index contributed by atoms with van der Waals surface area (Å²) < 4.78 is 10.6. The Morgan fingerprint density at radius 2 is 1.08 bits per heavy atom. The predicted octanol–water partition coefficient (Wildman–Crippen LogP) is 7.61. The molecule has 0 aliphatic rings. The van der Waals surface area contributed by atoms with Gasteiger partial charge in [0.25, 0.3) is 5.82 Å². The van der Waals surface area contributed by atoms with Crippen LogP contribution >= 0.6 is 0 Å². The molecule has 0 unspecified atom stereocenters. The first-order valence-corrected chi connectivity index (χ1v) is 12.2. The van der Waals surface area contributed by atoms with E-state index in [1.807, 2.05) is 12.1 Å². The fourth-order valence-electron chi connectivity index (χ4n) is 5.79. The van der Waals surface area contributed by atoms with Crippen LogP contribution in [0, 0.1) is 0 Å². The Bertz CT molecular complexity index is 2000. The van der Waals surface area contributed by atoms with Crippen LogP contribution in [0.2, 0.25) is 0 Å². The summed E-state index contributed by atoms with van der Waals surface area (Å²) in [5, 5.41) is 7.36. The average Bonchev–Trinajstić information content (AvgIpc) is 3.26. The fourth-order valence-corrected chi connectivity index (χ4v) is 5.79. The van der Waals surface area contributed by atoms with Gasteiger partial charge in [0.05, 0.1) is 14.2 Å². The van der Waals surface area contributed by atoms with Gasteiger partial charge in [-0.05, 0) is 51.9 Å². The summed E-state index contributed by atoms with van der Waals surface area (Å²) >= 11 is 0. The molecule has 2 heterocycles. The number of imidazole rings is 1. The number of para-hydroxylation sites is 3. The van der Waals surface area contributed by atoms with Gasteiger partial charge in [-0.1, -0.05) is 84.9 Å². The third-order valence-electron chi connectivity index (χ3n) is 7.35. The van der Waals surface area contributed by atoms with Crippen LogP contribution in [0.4, 0.5) is 0 Å². The number of aryl methyl sites for hydroxylation is 1. The van der Waals surface area contributed by atoms with E-state index in [4.69, 9.17) is 4.74 Å². The van der Waals surface area contributed by atoms with Crippen molar-refractivity contribution in [1.29, 1.82) is 0 Å². The van der Waals surface area contributed by atoms with Crippen molar-refractivity contribution in [2.45, 2.75) is 0 Å². The van der Waals surface area contributed by atoms with Crippen LogP contribution in [-0.2, 0) is 7.05 Å². The van der Waals surface area contributed by atoms with Crippen molar-refractivity contribution in [2.75, 3.05) is 7.11 Å². The van der Waals surface area contributed by atoms with E-state index in [0.29, 0.717) is 0 Å². The van der Waals surface area contributed by atoms with Gasteiger partial charge >= 0.3 is 0 Å². The molecule has 0 spiro atoms. The van der Waals surface area contributed by atoms with E-state index in [2.05, 4.69) is 119 Å². The second-order valence-electron chi connectivity index (χ2n) is 9.20. The number of benzene rings is 5. The molecule has 0 saturated heterocycles. The number of hydrogen-bond donors (Lipinski definition) is 0. The van der Waals surface area contributed by atoms with Crippen LogP contribution in [0.5, 0.6) is 5.75 Å². The first-order chi connectivity index (χ1) is 17.8. The maximum Gasteiger partial charge on any atom is 0.298 e. The summed E-state index contributed by atoms with van der Waals surface area (Å²) in [5.41, 5.74) is 4.56. The van der Waals surface area contributed by atoms with E-state index < -0.39 is 0 Å². The molecule has 3 nitrogen and oxygen atoms in total. The zero-order valence-corrected chi connectivity index (χ0v) is 20.3. The van der Waals surface area contributed by atoms with Gasteiger partial charge in [-0.25, -0.2) is 4.57 Å². The summed E-state index contributed by atoms with van der Waals surface area (Å²) in [6, 6.07) is 41.2. The molecule has 5 aromatic carbocycles. The van der Waals surface area contributed by atoms with Crippen molar-refractivity contribution in [3.8, 4) is 17.1 Å². The molecule has 0 radical (unpaired) electrons. The standard InChI is InChI=1S/C33H25N2O/c1-34-30-20-11-18-27-25-15-6-4-13-23(25)22-12-3-5-14-24(22)26-16-7-9-19-29(26)35(32(27)30)33(34)28-17-8-10-21-31(28)36-2/h3-21H,1-2H3/q+1. The smallest absolute Gasteiger partial charge is 0.298 e. The SMILES string of the molecule is COc1ccccc1-c1n2c3ccccc3c3ccccc3c3ccccc3c3cccc(c32)[n+]1C. The zero-order chi connectivity index (χ0) is 24.2. The van der Waals surface area contributed by atoms with Crippen molar-refractivity contribution >= 4 is 48.9 Å². The summed E-state index contributed by atoms with van der Waals surface area (Å²) in [4.78, 5) is 0. The number of ether oxygens (including phenoxy) is 1. The van der Waals surface area contributed by atoms with Crippen LogP contribution in [0.15, 0.2) is 115 Å². The van der Waals surface area contributed by atoms with Gasteiger partial charge in [-0.3, -0.25) is 0 Å². The molecule has 0 aliphatic heterocycles. The molecule has 7 aromatic rings. The Hall–Kier alpha value is -4.63. The second-order valence-corrected chi connectivity index (χ2v) is 9.20. The monoisotopic (exact) mass is 465 g/mol. The summed E-state index contributed by atoms with van der Waals surface area (Å²) in [5.74, 6) is 1.94. The molecular weight excluding hydrogens is 440 g/mol. The lowest BCUT2D eigenvalue weighted by atomic mass is 10.0. The first-order valence-electron chi connectivity index (χ1n) is 12.2. The molecule has 2 aromatic heterocycles. The molecule has 0 amide bonds. The highest BCUT2D eigenvalue weighted by molar-refractivity contribution is 6.20. The first kappa shape index (κ1) is 20.7. The van der Waals surface area contributed by atoms with E-state index >= 15 is 0 Å². The number of aromatic nitrogens is 2. The minimum atomic E-state index is 0.854. The highest BCUT2D eigenvalue weighted by atomic mass is 16.5. The molecule has 0 aliphatic carbocycles. The third kappa shape index (κ3) is 2.83. The van der Waals surface area contributed by atoms with E-state index in [1.165, 1.54) is 43.4 Å². The largest absolute Gasteiger partial charge is 0.496 e. The minimum Gasteiger partial charge on any atom is -0.496 e. The van der Waals surface area contributed by atoms with Crippen molar-refractivity contribution in [2.24, 2.45) is 7.05 Å². The Morgan fingerprint density at radius 1 is 0.556 bits per heavy atom. The van der Waals surface area contributed by atoms with Crippen LogP contribution in [-0.4, -0.2) is 11.5 Å². The molecule has 36 heavy (non-hydrogen) atoms. The Kier molecular flexibility index (Phi) is 4.58. The van der Waals surface area contributed by atoms with Gasteiger partial charge in [-0.2, -0.15) is 4.40 Å². The van der Waals surface area contributed by atoms with Gasteiger partial charge in [0.1, 0.15) is 16.8 Å². The molecule has 172 valence electrons. The lowest BCUT2D eigenvalue weighted by Gasteiger charge is -2.06. The van der Waals surface area contributed by atoms with E-state index in [9.17, 15) is 0 Å². The second kappa shape index (κ2) is 7.96. The molecule has 0 N–H and O–H groups in total. The number of nitrogens with zero attached hydrogens (tertiary/aromatic N) is 2. The summed E-state index contributed by atoms with van der Waals surface area (Å²) in [6.07, 6.45) is 0. The third-order valence-corrected chi connectivity index (χ3v) is 7.35. The van der Waals surface area contributed by atoms with Crippen molar-refractivity contribution < 1.29 is 9.30 Å². The topological polar surface area (TPSA) is 17.5 Å². The Labute approximate surface area is 209 Å². The molecule has 3 heteroatoms. The van der Waals surface area contributed by atoms with Gasteiger partial charge < -0.3 is 4.74 Å². The van der Waals surface area contributed by atoms with Crippen molar-refractivity contribution in [3.63, 3.8) is 0 Å². The molecular formula is C33H25N2O+. The molecule has 0 fully saturated rings. The summed E-state index contributed by atoms with van der Waals surface area (Å²) in [6.45, 7) is 0. The quantitative estimate of drug-likeness (QED) is 0.240. The van der Waals surface area contributed by atoms with Crippen molar-refractivity contribution in [1.82, 2.24) is 4.40 Å². The Balaban J connectivity index is 1.93. The maximum absolute atomic E-state index is 5.85. The molecule has 0 atom stereocenters. The van der Waals surface area contributed by atoms with E-state index in [0.717, 1.165) is 22.7 Å². The molecule has 0 saturated carbocycles. The molecule has 7 rings (SSSR count). The van der Waals surface area contributed by atoms with Crippen LogP contribution < -0.4 is 9.30 Å². The highest BCUT2D eigenvalue weighted by Gasteiger charge is 2.27. The number of rotatable bonds is 2. The summed E-state index contributed by atoms with van der Waals surface area (Å²) in [7, 11) is 3.89. The number of methoxy groups -OCH3 is 1. The lowest BCUT2D eigenvalue weighted by molar-refractivity contribution is -0.633. The van der Waals surface area contributed by atoms with Gasteiger partial charge in [0.15, 0.2) is 11.0 Å². The normalized spacial score (nSPS) is 11.6. The van der Waals surface area contributed by atoms with E-state index in [-0.39, 0.29) is 0 Å². The van der Waals surface area contributed by atoms with Gasteiger partial charge in [0.2, 0.25) is 0 Å². The van der Waals surface area contributed by atoms with Crippen LogP contribution in [0.3, 0.4) is 0 Å². The minimum absolute atomic E-state index is 0.854. The van der Waals surface area contributed by atoms with Crippen LogP contribution in [0.1, 0.15) is 0 Å². The predicted molar refractivity (Wildman–Crippen MR) is 149 cm³/mol. The van der Waals surface area contributed by atoms with Crippen molar-refractivity contribution in [3.05, 3.63) is 115 Å². The number of hydrogen-bond acceptors (Lipinski definition) is 1. The maximum atomic E-state index is 5.85. The van der Waals surface area contributed by atoms with Gasteiger partial charge in [-0.15, -0.1) is 0 Å². The molecule has 0 bridgehead atoms. The highest BCUT2D eigenvalue weighted by Crippen LogP contribution is 2.37.